The van der Waals surface area contributed by atoms with Gasteiger partial charge in [-0.1, -0.05) is 47.5 Å². The molecule has 0 radical (unpaired) electrons. The average molecular weight is 439 g/mol. The van der Waals surface area contributed by atoms with E-state index < -0.39 is 11.8 Å². The number of halogens is 2. The molecule has 0 aliphatic rings. The number of nitrogens with one attached hydrogen (secondary N) is 2. The Morgan fingerprint density at radius 3 is 1.27 bits per heavy atom. The highest BCUT2D eigenvalue weighted by molar-refractivity contribution is 6.30. The summed E-state index contributed by atoms with van der Waals surface area (Å²) in [4.78, 5) is 24.3. The zero-order valence-electron chi connectivity index (χ0n) is 15.5. The molecule has 2 amide bonds. The molecule has 8 heteroatoms. The van der Waals surface area contributed by atoms with Crippen LogP contribution in [-0.4, -0.2) is 24.2 Å². The van der Waals surface area contributed by atoms with Crippen LogP contribution in [0.1, 0.15) is 31.8 Å². The van der Waals surface area contributed by atoms with E-state index in [1.807, 2.05) is 0 Å². The number of amides is 2. The van der Waals surface area contributed by atoms with E-state index in [1.54, 1.807) is 48.5 Å². The number of rotatable bonds is 6. The summed E-state index contributed by atoms with van der Waals surface area (Å²) in [7, 11) is 0. The molecule has 30 heavy (non-hydrogen) atoms. The van der Waals surface area contributed by atoms with Crippen molar-refractivity contribution in [2.45, 2.75) is 0 Å². The number of benzene rings is 3. The molecule has 0 spiro atoms. The molecule has 0 bridgehead atoms. The van der Waals surface area contributed by atoms with Gasteiger partial charge in [-0.3, -0.25) is 9.59 Å². The fourth-order valence-electron chi connectivity index (χ4n) is 2.33. The van der Waals surface area contributed by atoms with Gasteiger partial charge in [-0.25, -0.2) is 10.9 Å². The summed E-state index contributed by atoms with van der Waals surface area (Å²) in [6, 6.07) is 20.2. The Balaban J connectivity index is 1.53. The van der Waals surface area contributed by atoms with Gasteiger partial charge in [-0.05, 0) is 59.7 Å². The first kappa shape index (κ1) is 21.2. The first-order chi connectivity index (χ1) is 14.5. The molecule has 0 unspecified atom stereocenters. The predicted molar refractivity (Wildman–Crippen MR) is 119 cm³/mol. The van der Waals surface area contributed by atoms with E-state index in [2.05, 4.69) is 21.1 Å². The molecule has 0 fully saturated rings. The lowest BCUT2D eigenvalue weighted by Crippen LogP contribution is -2.19. The van der Waals surface area contributed by atoms with Gasteiger partial charge in [-0.15, -0.1) is 0 Å². The number of nitrogens with zero attached hydrogens (tertiary/aromatic N) is 2. The molecule has 0 aliphatic heterocycles. The first-order valence-electron chi connectivity index (χ1n) is 8.79. The first-order valence-corrected chi connectivity index (χ1v) is 9.55. The van der Waals surface area contributed by atoms with E-state index in [1.165, 1.54) is 36.7 Å². The molecule has 3 aromatic rings. The molecule has 6 nitrogen and oxygen atoms in total. The molecule has 3 rings (SSSR count). The fourth-order valence-corrected chi connectivity index (χ4v) is 2.58. The van der Waals surface area contributed by atoms with Crippen molar-refractivity contribution in [2.24, 2.45) is 10.2 Å². The van der Waals surface area contributed by atoms with Crippen LogP contribution in [0, 0.1) is 0 Å². The van der Waals surface area contributed by atoms with Gasteiger partial charge < -0.3 is 0 Å². The van der Waals surface area contributed by atoms with Crippen molar-refractivity contribution in [2.75, 3.05) is 0 Å². The summed E-state index contributed by atoms with van der Waals surface area (Å²) in [5.41, 5.74) is 7.19. The Bertz CT molecular complexity index is 989. The topological polar surface area (TPSA) is 82.9 Å². The van der Waals surface area contributed by atoms with Crippen molar-refractivity contribution >= 4 is 47.4 Å². The van der Waals surface area contributed by atoms with Gasteiger partial charge in [-0.2, -0.15) is 10.2 Å². The van der Waals surface area contributed by atoms with Crippen LogP contribution in [0.4, 0.5) is 0 Å². The number of carbonyl (C=O) groups is 2. The van der Waals surface area contributed by atoms with Crippen LogP contribution in [-0.2, 0) is 0 Å². The SMILES string of the molecule is O=C(N/N=C/c1ccc(Cl)cc1)c1ccc(C(=O)N/N=C/c2ccc(Cl)cc2)cc1. The Hall–Kier alpha value is -3.48. The van der Waals surface area contributed by atoms with E-state index in [0.29, 0.717) is 21.2 Å². The van der Waals surface area contributed by atoms with Crippen LogP contribution in [0.2, 0.25) is 10.0 Å². The van der Waals surface area contributed by atoms with E-state index in [4.69, 9.17) is 23.2 Å². The smallest absolute Gasteiger partial charge is 0.267 e. The lowest BCUT2D eigenvalue weighted by molar-refractivity contribution is 0.0943. The van der Waals surface area contributed by atoms with Gasteiger partial charge in [0.05, 0.1) is 12.4 Å². The molecule has 0 heterocycles. The van der Waals surface area contributed by atoms with E-state index >= 15 is 0 Å². The summed E-state index contributed by atoms with van der Waals surface area (Å²) in [5, 5.41) is 9.05. The highest BCUT2D eigenvalue weighted by atomic mass is 35.5. The highest BCUT2D eigenvalue weighted by Gasteiger charge is 2.08. The standard InChI is InChI=1S/C22H16Cl2N4O2/c23-19-9-1-15(2-10-19)13-25-27-21(29)17-5-7-18(8-6-17)22(30)28-26-14-16-3-11-20(24)12-4-16/h1-14H,(H,27,29)(H,28,30)/b25-13+,26-14+. The van der Waals surface area contributed by atoms with E-state index in [-0.39, 0.29) is 0 Å². The maximum Gasteiger partial charge on any atom is 0.271 e. The molecule has 0 aliphatic carbocycles. The van der Waals surface area contributed by atoms with Gasteiger partial charge in [0.2, 0.25) is 0 Å². The second kappa shape index (κ2) is 10.3. The second-order valence-electron chi connectivity index (χ2n) is 6.08. The van der Waals surface area contributed by atoms with Gasteiger partial charge in [0.15, 0.2) is 0 Å². The van der Waals surface area contributed by atoms with Gasteiger partial charge in [0.1, 0.15) is 0 Å². The number of hydrogen-bond acceptors (Lipinski definition) is 4. The number of hydrazone groups is 2. The zero-order chi connectivity index (χ0) is 21.3. The van der Waals surface area contributed by atoms with Crippen molar-refractivity contribution in [3.8, 4) is 0 Å². The van der Waals surface area contributed by atoms with Crippen LogP contribution >= 0.6 is 23.2 Å². The van der Waals surface area contributed by atoms with Crippen LogP contribution in [0.3, 0.4) is 0 Å². The average Bonchev–Trinajstić information content (AvgIpc) is 2.76. The Morgan fingerprint density at radius 2 is 0.933 bits per heavy atom. The van der Waals surface area contributed by atoms with Crippen LogP contribution in [0.5, 0.6) is 0 Å². The van der Waals surface area contributed by atoms with Crippen molar-refractivity contribution < 1.29 is 9.59 Å². The van der Waals surface area contributed by atoms with Gasteiger partial charge >= 0.3 is 0 Å². The monoisotopic (exact) mass is 438 g/mol. The summed E-state index contributed by atoms with van der Waals surface area (Å²) < 4.78 is 0. The maximum absolute atomic E-state index is 12.1. The minimum absolute atomic E-state index is 0.365. The minimum Gasteiger partial charge on any atom is -0.267 e. The molecular weight excluding hydrogens is 423 g/mol. The number of carbonyl (C=O) groups excluding carboxylic acids is 2. The Kier molecular flexibility index (Phi) is 7.32. The number of hydrogen-bond donors (Lipinski definition) is 2. The molecule has 0 saturated heterocycles. The third kappa shape index (κ3) is 6.27. The molecule has 2 N–H and O–H groups in total. The third-order valence-electron chi connectivity index (χ3n) is 3.91. The molecule has 0 aromatic heterocycles. The molecule has 0 saturated carbocycles. The van der Waals surface area contributed by atoms with Gasteiger partial charge in [0, 0.05) is 21.2 Å². The fraction of sp³-hybridized carbons (Fsp3) is 0. The molecule has 150 valence electrons. The van der Waals surface area contributed by atoms with E-state index in [0.717, 1.165) is 11.1 Å². The predicted octanol–water partition coefficient (Wildman–Crippen LogP) is 4.52. The summed E-state index contributed by atoms with van der Waals surface area (Å²) >= 11 is 11.6. The maximum atomic E-state index is 12.1. The lowest BCUT2D eigenvalue weighted by atomic mass is 10.1. The van der Waals surface area contributed by atoms with Crippen molar-refractivity contribution in [3.63, 3.8) is 0 Å². The Labute approximate surface area is 183 Å². The molecular formula is C22H16Cl2N4O2. The minimum atomic E-state index is -0.395. The largest absolute Gasteiger partial charge is 0.271 e. The lowest BCUT2D eigenvalue weighted by Gasteiger charge is -2.03. The van der Waals surface area contributed by atoms with Crippen molar-refractivity contribution in [1.29, 1.82) is 0 Å². The van der Waals surface area contributed by atoms with Gasteiger partial charge in [0.25, 0.3) is 11.8 Å². The Morgan fingerprint density at radius 1 is 0.600 bits per heavy atom. The summed E-state index contributed by atoms with van der Waals surface area (Å²) in [5.74, 6) is -0.791. The second-order valence-corrected chi connectivity index (χ2v) is 6.95. The van der Waals surface area contributed by atoms with Crippen LogP contribution in [0.15, 0.2) is 83.0 Å². The quantitative estimate of drug-likeness (QED) is 0.437. The zero-order valence-corrected chi connectivity index (χ0v) is 17.1. The summed E-state index contributed by atoms with van der Waals surface area (Å²) in [6.45, 7) is 0. The van der Waals surface area contributed by atoms with Crippen molar-refractivity contribution in [1.82, 2.24) is 10.9 Å². The van der Waals surface area contributed by atoms with E-state index in [9.17, 15) is 9.59 Å². The van der Waals surface area contributed by atoms with Crippen molar-refractivity contribution in [3.05, 3.63) is 105 Å². The van der Waals surface area contributed by atoms with Crippen LogP contribution < -0.4 is 10.9 Å². The normalized spacial score (nSPS) is 11.0. The van der Waals surface area contributed by atoms with Crippen LogP contribution in [0.25, 0.3) is 0 Å². The third-order valence-corrected chi connectivity index (χ3v) is 4.41. The summed E-state index contributed by atoms with van der Waals surface area (Å²) in [6.07, 6.45) is 3.02. The highest BCUT2D eigenvalue weighted by Crippen LogP contribution is 2.09. The molecule has 3 aromatic carbocycles. The molecule has 0 atom stereocenters.